The Balaban J connectivity index is 1.11. The average molecular weight is 678 g/mol. The van der Waals surface area contributed by atoms with Gasteiger partial charge in [-0.1, -0.05) is 158 Å². The SMILES string of the molecule is c1ccc(-c2ccc(-c3nc(-c4cccc(-c5ccc6ccccc6c5)c4)nc(-c4ccc5c(c4)oc4cccc(-c6ccccc6)c45)n3)cc2)cc1. The van der Waals surface area contributed by atoms with E-state index in [0.29, 0.717) is 17.5 Å². The van der Waals surface area contributed by atoms with E-state index < -0.39 is 0 Å². The van der Waals surface area contributed by atoms with Crippen molar-refractivity contribution < 1.29 is 4.42 Å². The van der Waals surface area contributed by atoms with E-state index in [9.17, 15) is 0 Å². The number of hydrogen-bond acceptors (Lipinski definition) is 4. The summed E-state index contributed by atoms with van der Waals surface area (Å²) in [5.74, 6) is 1.80. The Morgan fingerprint density at radius 2 is 0.830 bits per heavy atom. The smallest absolute Gasteiger partial charge is 0.164 e. The molecule has 0 aliphatic carbocycles. The van der Waals surface area contributed by atoms with Crippen LogP contribution in [0.2, 0.25) is 0 Å². The highest BCUT2D eigenvalue weighted by molar-refractivity contribution is 6.13. The maximum Gasteiger partial charge on any atom is 0.164 e. The van der Waals surface area contributed by atoms with Crippen molar-refractivity contribution in [2.45, 2.75) is 0 Å². The summed E-state index contributed by atoms with van der Waals surface area (Å²) in [5, 5.41) is 4.57. The molecule has 53 heavy (non-hydrogen) atoms. The predicted octanol–water partition coefficient (Wildman–Crippen LogP) is 12.9. The van der Waals surface area contributed by atoms with Gasteiger partial charge in [-0.25, -0.2) is 15.0 Å². The molecule has 10 rings (SSSR count). The van der Waals surface area contributed by atoms with Crippen LogP contribution >= 0.6 is 0 Å². The largest absolute Gasteiger partial charge is 0.456 e. The number of fused-ring (bicyclic) bond motifs is 4. The van der Waals surface area contributed by atoms with E-state index in [4.69, 9.17) is 19.4 Å². The number of furan rings is 1. The van der Waals surface area contributed by atoms with E-state index in [-0.39, 0.29) is 0 Å². The van der Waals surface area contributed by atoms with Crippen LogP contribution in [0, 0.1) is 0 Å². The molecule has 0 amide bonds. The summed E-state index contributed by atoms with van der Waals surface area (Å²) >= 11 is 0. The van der Waals surface area contributed by atoms with Gasteiger partial charge in [-0.2, -0.15) is 0 Å². The monoisotopic (exact) mass is 677 g/mol. The molecular formula is C49H31N3O. The standard InChI is InChI=1S/C49H31N3O/c1-3-11-32(12-4-1)34-21-24-36(25-22-34)47-50-48(40-18-9-17-38(30-40)39-26-23-33-13-7-8-16-37(33)29-39)52-49(51-47)41-27-28-43-45(31-41)53-44-20-10-19-42(46(43)44)35-14-5-2-6-15-35/h1-31H. The number of benzene rings is 8. The van der Waals surface area contributed by atoms with Gasteiger partial charge in [0.25, 0.3) is 0 Å². The second-order valence-corrected chi connectivity index (χ2v) is 13.3. The number of rotatable bonds is 6. The summed E-state index contributed by atoms with van der Waals surface area (Å²) in [7, 11) is 0. The Kier molecular flexibility index (Phi) is 7.43. The van der Waals surface area contributed by atoms with Crippen LogP contribution in [0.15, 0.2) is 192 Å². The summed E-state index contributed by atoms with van der Waals surface area (Å²) in [6.07, 6.45) is 0. The van der Waals surface area contributed by atoms with Gasteiger partial charge in [0.05, 0.1) is 0 Å². The van der Waals surface area contributed by atoms with Gasteiger partial charge in [0, 0.05) is 27.5 Å². The highest BCUT2D eigenvalue weighted by Crippen LogP contribution is 2.38. The van der Waals surface area contributed by atoms with Gasteiger partial charge in [-0.05, 0) is 74.5 Å². The Morgan fingerprint density at radius 3 is 1.60 bits per heavy atom. The molecule has 0 saturated carbocycles. The van der Waals surface area contributed by atoms with Crippen molar-refractivity contribution in [2.75, 3.05) is 0 Å². The third-order valence-electron chi connectivity index (χ3n) is 9.93. The maximum atomic E-state index is 6.49. The Bertz CT molecular complexity index is 2930. The van der Waals surface area contributed by atoms with E-state index in [1.807, 2.05) is 24.3 Å². The molecule has 0 N–H and O–H groups in total. The van der Waals surface area contributed by atoms with Crippen molar-refractivity contribution in [2.24, 2.45) is 0 Å². The number of aromatic nitrogens is 3. The molecule has 2 aromatic heterocycles. The van der Waals surface area contributed by atoms with E-state index in [2.05, 4.69) is 164 Å². The minimum Gasteiger partial charge on any atom is -0.456 e. The van der Waals surface area contributed by atoms with Crippen molar-refractivity contribution in [1.29, 1.82) is 0 Å². The molecular weight excluding hydrogens is 647 g/mol. The predicted molar refractivity (Wildman–Crippen MR) is 217 cm³/mol. The van der Waals surface area contributed by atoms with Gasteiger partial charge in [0.2, 0.25) is 0 Å². The van der Waals surface area contributed by atoms with Crippen LogP contribution in [-0.4, -0.2) is 15.0 Å². The lowest BCUT2D eigenvalue weighted by Crippen LogP contribution is -2.00. The van der Waals surface area contributed by atoms with Crippen molar-refractivity contribution in [3.8, 4) is 67.5 Å². The van der Waals surface area contributed by atoms with Crippen LogP contribution in [-0.2, 0) is 0 Å². The van der Waals surface area contributed by atoms with E-state index >= 15 is 0 Å². The minimum atomic E-state index is 0.582. The molecule has 0 unspecified atom stereocenters. The van der Waals surface area contributed by atoms with Crippen LogP contribution in [0.25, 0.3) is 100 Å². The molecule has 0 saturated heterocycles. The van der Waals surface area contributed by atoms with Gasteiger partial charge in [-0.3, -0.25) is 0 Å². The van der Waals surface area contributed by atoms with Gasteiger partial charge in [-0.15, -0.1) is 0 Å². The number of hydrogen-bond donors (Lipinski definition) is 0. The van der Waals surface area contributed by atoms with E-state index in [0.717, 1.165) is 72.0 Å². The Morgan fingerprint density at radius 1 is 0.302 bits per heavy atom. The number of nitrogens with zero attached hydrogens (tertiary/aromatic N) is 3. The van der Waals surface area contributed by atoms with Crippen molar-refractivity contribution in [3.63, 3.8) is 0 Å². The molecule has 0 spiro atoms. The summed E-state index contributed by atoms with van der Waals surface area (Å²) in [6.45, 7) is 0. The summed E-state index contributed by atoms with van der Waals surface area (Å²) in [4.78, 5) is 15.3. The van der Waals surface area contributed by atoms with Crippen LogP contribution in [0.3, 0.4) is 0 Å². The molecule has 10 aromatic rings. The molecule has 248 valence electrons. The van der Waals surface area contributed by atoms with Crippen LogP contribution in [0.4, 0.5) is 0 Å². The topological polar surface area (TPSA) is 51.8 Å². The zero-order valence-electron chi connectivity index (χ0n) is 28.6. The molecule has 0 fully saturated rings. The Labute approximate surface area is 306 Å². The van der Waals surface area contributed by atoms with Crippen molar-refractivity contribution in [1.82, 2.24) is 15.0 Å². The first kappa shape index (κ1) is 30.6. The third-order valence-corrected chi connectivity index (χ3v) is 9.93. The van der Waals surface area contributed by atoms with Gasteiger partial charge >= 0.3 is 0 Å². The molecule has 4 heteroatoms. The quantitative estimate of drug-likeness (QED) is 0.176. The average Bonchev–Trinajstić information content (AvgIpc) is 3.62. The third kappa shape index (κ3) is 5.73. The van der Waals surface area contributed by atoms with Gasteiger partial charge in [0.15, 0.2) is 17.5 Å². The van der Waals surface area contributed by atoms with Crippen molar-refractivity contribution >= 4 is 32.7 Å². The zero-order valence-corrected chi connectivity index (χ0v) is 28.6. The van der Waals surface area contributed by atoms with Crippen LogP contribution in [0.5, 0.6) is 0 Å². The molecule has 4 nitrogen and oxygen atoms in total. The summed E-state index contributed by atoms with van der Waals surface area (Å²) in [6, 6.07) is 65.2. The van der Waals surface area contributed by atoms with Gasteiger partial charge < -0.3 is 4.42 Å². The zero-order chi connectivity index (χ0) is 35.1. The van der Waals surface area contributed by atoms with Gasteiger partial charge in [0.1, 0.15) is 11.2 Å². The fraction of sp³-hybridized carbons (Fsp3) is 0. The second kappa shape index (κ2) is 12.9. The molecule has 2 heterocycles. The van der Waals surface area contributed by atoms with E-state index in [1.165, 1.54) is 10.8 Å². The lowest BCUT2D eigenvalue weighted by Gasteiger charge is -2.11. The normalized spacial score (nSPS) is 11.4. The molecule has 8 aromatic carbocycles. The summed E-state index contributed by atoms with van der Waals surface area (Å²) < 4.78 is 6.49. The highest BCUT2D eigenvalue weighted by atomic mass is 16.3. The first-order valence-electron chi connectivity index (χ1n) is 17.8. The minimum absolute atomic E-state index is 0.582. The van der Waals surface area contributed by atoms with E-state index in [1.54, 1.807) is 0 Å². The molecule has 0 atom stereocenters. The lowest BCUT2D eigenvalue weighted by atomic mass is 9.99. The van der Waals surface area contributed by atoms with Crippen LogP contribution in [0.1, 0.15) is 0 Å². The first-order valence-corrected chi connectivity index (χ1v) is 17.8. The fourth-order valence-electron chi connectivity index (χ4n) is 7.24. The van der Waals surface area contributed by atoms with Crippen molar-refractivity contribution in [3.05, 3.63) is 188 Å². The second-order valence-electron chi connectivity index (χ2n) is 13.3. The molecule has 0 radical (unpaired) electrons. The maximum absolute atomic E-state index is 6.49. The van der Waals surface area contributed by atoms with Crippen LogP contribution < -0.4 is 0 Å². The first-order chi connectivity index (χ1) is 26.2. The fourth-order valence-corrected chi connectivity index (χ4v) is 7.24. The summed E-state index contributed by atoms with van der Waals surface area (Å²) in [5.41, 5.74) is 11.2. The lowest BCUT2D eigenvalue weighted by molar-refractivity contribution is 0.669. The highest BCUT2D eigenvalue weighted by Gasteiger charge is 2.17. The molecule has 0 aliphatic heterocycles. The molecule has 0 aliphatic rings. The Hall–Kier alpha value is -7.17. The molecule has 0 bridgehead atoms.